The van der Waals surface area contributed by atoms with E-state index in [2.05, 4.69) is 20.6 Å². The molecule has 1 aliphatic carbocycles. The monoisotopic (exact) mass is 510 g/mol. The number of methoxy groups -OCH3 is 1. The van der Waals surface area contributed by atoms with E-state index in [0.717, 1.165) is 35.4 Å². The van der Waals surface area contributed by atoms with Gasteiger partial charge in [0.15, 0.2) is 11.6 Å². The lowest BCUT2D eigenvalue weighted by molar-refractivity contribution is 0.118. The third-order valence-corrected chi connectivity index (χ3v) is 6.97. The Bertz CT molecular complexity index is 1410. The highest BCUT2D eigenvalue weighted by molar-refractivity contribution is 7.22. The van der Waals surface area contributed by atoms with Crippen LogP contribution < -0.4 is 15.4 Å². The number of thiophene rings is 1. The Morgan fingerprint density at radius 3 is 2.69 bits per heavy atom. The van der Waals surface area contributed by atoms with Crippen molar-refractivity contribution in [1.29, 1.82) is 0 Å². The number of anilines is 1. The van der Waals surface area contributed by atoms with Crippen molar-refractivity contribution in [2.24, 2.45) is 0 Å². The second-order valence-corrected chi connectivity index (χ2v) is 9.70. The summed E-state index contributed by atoms with van der Waals surface area (Å²) in [6.07, 6.45) is 5.99. The number of hydrogen-bond acceptors (Lipinski definition) is 6. The summed E-state index contributed by atoms with van der Waals surface area (Å²) in [7, 11) is 1.68. The van der Waals surface area contributed by atoms with Crippen molar-refractivity contribution in [2.45, 2.75) is 38.3 Å². The number of amides is 2. The van der Waals surface area contributed by atoms with Gasteiger partial charge in [-0.2, -0.15) is 4.39 Å². The number of aromatic nitrogens is 2. The third-order valence-electron chi connectivity index (χ3n) is 5.81. The number of fused-ring (bicyclic) bond motifs is 1. The molecule has 4 aromatic rings. The number of rotatable bonds is 8. The zero-order chi connectivity index (χ0) is 25.2. The topological polar surface area (TPSA) is 85.4 Å². The summed E-state index contributed by atoms with van der Waals surface area (Å²) >= 11 is 1.40. The van der Waals surface area contributed by atoms with Crippen LogP contribution in [0.25, 0.3) is 20.8 Å². The molecule has 1 aliphatic rings. The predicted octanol–water partition coefficient (Wildman–Crippen LogP) is 6.29. The first-order valence-corrected chi connectivity index (χ1v) is 12.3. The molecule has 1 aromatic carbocycles. The maximum atomic E-state index is 14.8. The van der Waals surface area contributed by atoms with Gasteiger partial charge < -0.3 is 20.1 Å². The fourth-order valence-corrected chi connectivity index (χ4v) is 4.67. The highest BCUT2D eigenvalue weighted by Gasteiger charge is 2.24. The van der Waals surface area contributed by atoms with Gasteiger partial charge in [0.2, 0.25) is 5.82 Å². The van der Waals surface area contributed by atoms with E-state index in [1.165, 1.54) is 23.5 Å². The molecule has 5 rings (SSSR count). The van der Waals surface area contributed by atoms with Crippen LogP contribution >= 0.6 is 11.3 Å². The minimum absolute atomic E-state index is 0.0952. The van der Waals surface area contributed by atoms with Gasteiger partial charge >= 0.3 is 6.03 Å². The van der Waals surface area contributed by atoms with Crippen molar-refractivity contribution in [3.63, 3.8) is 0 Å². The average molecular weight is 511 g/mol. The number of hydrogen-bond donors (Lipinski definition) is 2. The first-order chi connectivity index (χ1) is 17.4. The Labute approximate surface area is 210 Å². The summed E-state index contributed by atoms with van der Waals surface area (Å²) in [5, 5.41) is 5.01. The zero-order valence-electron chi connectivity index (χ0n) is 19.7. The zero-order valence-corrected chi connectivity index (χ0v) is 20.5. The maximum Gasteiger partial charge on any atom is 0.319 e. The quantitative estimate of drug-likeness (QED) is 0.291. The van der Waals surface area contributed by atoms with Crippen molar-refractivity contribution in [2.75, 3.05) is 12.4 Å². The minimum atomic E-state index is -1.19. The van der Waals surface area contributed by atoms with Crippen molar-refractivity contribution in [1.82, 2.24) is 15.3 Å². The molecule has 0 radical (unpaired) electrons. The summed E-state index contributed by atoms with van der Waals surface area (Å²) in [6, 6.07) is 9.50. The lowest BCUT2D eigenvalue weighted by Gasteiger charge is -2.11. The van der Waals surface area contributed by atoms with Gasteiger partial charge in [-0.05, 0) is 56.0 Å². The third kappa shape index (κ3) is 5.29. The summed E-state index contributed by atoms with van der Waals surface area (Å²) in [5.41, 5.74) is 2.24. The Balaban J connectivity index is 1.36. The lowest BCUT2D eigenvalue weighted by Crippen LogP contribution is -2.30. The molecule has 7 nitrogen and oxygen atoms in total. The first-order valence-electron chi connectivity index (χ1n) is 11.5. The number of ether oxygens (including phenoxy) is 2. The van der Waals surface area contributed by atoms with Gasteiger partial charge in [-0.15, -0.1) is 11.3 Å². The van der Waals surface area contributed by atoms with Crippen molar-refractivity contribution in [3.05, 3.63) is 66.0 Å². The van der Waals surface area contributed by atoms with Crippen molar-refractivity contribution in [3.8, 4) is 22.1 Å². The van der Waals surface area contributed by atoms with Crippen LogP contribution in [0.5, 0.6) is 11.5 Å². The smallest absolute Gasteiger partial charge is 0.319 e. The van der Waals surface area contributed by atoms with Crippen LogP contribution in [0, 0.1) is 11.6 Å². The number of halogens is 2. The minimum Gasteiger partial charge on any atom is -0.453 e. The van der Waals surface area contributed by atoms with Crippen LogP contribution in [-0.4, -0.2) is 35.3 Å². The van der Waals surface area contributed by atoms with E-state index in [0.29, 0.717) is 16.0 Å². The van der Waals surface area contributed by atoms with Crippen molar-refractivity contribution >= 4 is 33.3 Å². The molecule has 36 heavy (non-hydrogen) atoms. The summed E-state index contributed by atoms with van der Waals surface area (Å²) in [4.78, 5) is 21.7. The summed E-state index contributed by atoms with van der Waals surface area (Å²) in [5.74, 6) is -2.34. The Hall–Kier alpha value is -3.63. The molecule has 10 heteroatoms. The number of benzene rings is 1. The number of nitrogens with zero attached hydrogens (tertiary/aromatic N) is 2. The number of urea groups is 1. The molecule has 1 fully saturated rings. The van der Waals surface area contributed by atoms with Gasteiger partial charge in [0, 0.05) is 31.6 Å². The summed E-state index contributed by atoms with van der Waals surface area (Å²) < 4.78 is 41.2. The molecule has 0 bridgehead atoms. The number of nitrogens with one attached hydrogen (secondary N) is 2. The fraction of sp³-hybridized carbons (Fsp3) is 0.269. The van der Waals surface area contributed by atoms with Gasteiger partial charge in [-0.25, -0.2) is 9.18 Å². The van der Waals surface area contributed by atoms with E-state index in [1.54, 1.807) is 19.4 Å². The van der Waals surface area contributed by atoms with Crippen LogP contribution in [0.15, 0.2) is 48.8 Å². The molecule has 186 valence electrons. The van der Waals surface area contributed by atoms with Crippen molar-refractivity contribution < 1.29 is 23.0 Å². The predicted molar refractivity (Wildman–Crippen MR) is 135 cm³/mol. The van der Waals surface area contributed by atoms with E-state index in [-0.39, 0.29) is 23.6 Å². The van der Waals surface area contributed by atoms with E-state index in [1.807, 2.05) is 31.3 Å². The van der Waals surface area contributed by atoms with Crippen LogP contribution in [-0.2, 0) is 11.2 Å². The standard InChI is InChI=1S/C26H24F2N4O3S/c1-14(34-2)11-15-3-6-17(30-13-15)22-12-19-25(36-22)21(9-10-29-19)35-20-8-7-18(23(27)24(20)28)32-26(33)31-16-4-5-16/h3,6-10,12-14,16H,4-5,11H2,1-2H3,(H2,31,32,33). The van der Waals surface area contributed by atoms with E-state index in [4.69, 9.17) is 9.47 Å². The normalized spacial score (nSPS) is 14.0. The number of carbonyl (C=O) groups excluding carboxylic acids is 1. The molecule has 0 aliphatic heterocycles. The first kappa shape index (κ1) is 24.1. The molecule has 0 saturated heterocycles. The van der Waals surface area contributed by atoms with Gasteiger partial charge in [0.25, 0.3) is 0 Å². The Morgan fingerprint density at radius 2 is 1.97 bits per heavy atom. The van der Waals surface area contributed by atoms with Crippen LogP contribution in [0.4, 0.5) is 19.3 Å². The van der Waals surface area contributed by atoms with E-state index >= 15 is 0 Å². The SMILES string of the molecule is COC(C)Cc1ccc(-c2cc3nccc(Oc4ccc(NC(=O)NC5CC5)c(F)c4F)c3s2)nc1. The molecular formula is C26H24F2N4O3S. The van der Waals surface area contributed by atoms with E-state index < -0.39 is 17.7 Å². The molecule has 2 amide bonds. The highest BCUT2D eigenvalue weighted by Crippen LogP contribution is 2.39. The van der Waals surface area contributed by atoms with Crippen LogP contribution in [0.1, 0.15) is 25.3 Å². The van der Waals surface area contributed by atoms with Crippen LogP contribution in [0.3, 0.4) is 0 Å². The number of carbonyl (C=O) groups is 1. The maximum absolute atomic E-state index is 14.8. The molecule has 1 saturated carbocycles. The lowest BCUT2D eigenvalue weighted by atomic mass is 10.1. The van der Waals surface area contributed by atoms with Crippen LogP contribution in [0.2, 0.25) is 0 Å². The molecule has 3 aromatic heterocycles. The molecule has 1 unspecified atom stereocenters. The molecule has 3 heterocycles. The second-order valence-electron chi connectivity index (χ2n) is 8.65. The van der Waals surface area contributed by atoms with Gasteiger partial charge in [-0.3, -0.25) is 9.97 Å². The molecule has 0 spiro atoms. The molecule has 1 atom stereocenters. The average Bonchev–Trinajstić information content (AvgIpc) is 3.57. The molecule has 2 N–H and O–H groups in total. The van der Waals surface area contributed by atoms with Gasteiger partial charge in [0.1, 0.15) is 5.75 Å². The largest absolute Gasteiger partial charge is 0.453 e. The Kier molecular flexibility index (Phi) is 6.80. The van der Waals surface area contributed by atoms with Gasteiger partial charge in [0.05, 0.1) is 32.6 Å². The highest BCUT2D eigenvalue weighted by atomic mass is 32.1. The summed E-state index contributed by atoms with van der Waals surface area (Å²) in [6.45, 7) is 2.00. The fourth-order valence-electron chi connectivity index (χ4n) is 3.62. The van der Waals surface area contributed by atoms with E-state index in [9.17, 15) is 13.6 Å². The number of pyridine rings is 2. The Morgan fingerprint density at radius 1 is 1.14 bits per heavy atom. The second kappa shape index (κ2) is 10.2. The molecular weight excluding hydrogens is 486 g/mol. The van der Waals surface area contributed by atoms with Gasteiger partial charge in [-0.1, -0.05) is 6.07 Å².